The van der Waals surface area contributed by atoms with Crippen molar-refractivity contribution in [2.24, 2.45) is 5.92 Å². The molecule has 1 rings (SSSR count). The summed E-state index contributed by atoms with van der Waals surface area (Å²) >= 11 is 0. The molecular formula is C13H15N3. The zero-order valence-electron chi connectivity index (χ0n) is 9.78. The standard InChI is InChI=1S/C13H15N3/c1-9(2)10(3)16-13-5-4-11(7-14)12(6-13)8-15/h4-6,9-10,16H,1-3H3. The van der Waals surface area contributed by atoms with E-state index >= 15 is 0 Å². The Hall–Kier alpha value is -2.00. The van der Waals surface area contributed by atoms with Crippen molar-refractivity contribution < 1.29 is 0 Å². The van der Waals surface area contributed by atoms with Crippen LogP contribution in [0.2, 0.25) is 0 Å². The van der Waals surface area contributed by atoms with Gasteiger partial charge in [0.05, 0.1) is 11.1 Å². The summed E-state index contributed by atoms with van der Waals surface area (Å²) in [6.07, 6.45) is 0. The summed E-state index contributed by atoms with van der Waals surface area (Å²) in [5.74, 6) is 0.515. The average molecular weight is 213 g/mol. The molecule has 0 saturated heterocycles. The largest absolute Gasteiger partial charge is 0.382 e. The Morgan fingerprint density at radius 3 is 2.19 bits per heavy atom. The van der Waals surface area contributed by atoms with Crippen LogP contribution in [0.5, 0.6) is 0 Å². The van der Waals surface area contributed by atoms with Crippen LogP contribution in [0, 0.1) is 28.6 Å². The number of hydrogen-bond acceptors (Lipinski definition) is 3. The number of hydrogen-bond donors (Lipinski definition) is 1. The first-order valence-corrected chi connectivity index (χ1v) is 5.29. The molecule has 0 saturated carbocycles. The van der Waals surface area contributed by atoms with Crippen molar-refractivity contribution in [2.45, 2.75) is 26.8 Å². The fraction of sp³-hybridized carbons (Fsp3) is 0.385. The molecule has 0 spiro atoms. The fourth-order valence-corrected chi connectivity index (χ4v) is 1.25. The van der Waals surface area contributed by atoms with E-state index in [1.807, 2.05) is 18.2 Å². The lowest BCUT2D eigenvalue weighted by molar-refractivity contribution is 0.560. The summed E-state index contributed by atoms with van der Waals surface area (Å²) in [7, 11) is 0. The van der Waals surface area contributed by atoms with Gasteiger partial charge in [-0.25, -0.2) is 0 Å². The summed E-state index contributed by atoms with van der Waals surface area (Å²) < 4.78 is 0. The summed E-state index contributed by atoms with van der Waals surface area (Å²) in [6, 6.07) is 9.59. The third kappa shape index (κ3) is 2.74. The SMILES string of the molecule is CC(C)C(C)Nc1ccc(C#N)c(C#N)c1. The van der Waals surface area contributed by atoms with Crippen LogP contribution in [-0.4, -0.2) is 6.04 Å². The maximum atomic E-state index is 8.89. The van der Waals surface area contributed by atoms with E-state index in [2.05, 4.69) is 26.1 Å². The molecular weight excluding hydrogens is 198 g/mol. The molecule has 3 heteroatoms. The van der Waals surface area contributed by atoms with E-state index in [4.69, 9.17) is 10.5 Å². The molecule has 0 bridgehead atoms. The molecule has 0 aromatic heterocycles. The van der Waals surface area contributed by atoms with Crippen molar-refractivity contribution >= 4 is 5.69 Å². The highest BCUT2D eigenvalue weighted by Gasteiger charge is 2.08. The molecule has 1 N–H and O–H groups in total. The van der Waals surface area contributed by atoms with Crippen LogP contribution in [0.25, 0.3) is 0 Å². The van der Waals surface area contributed by atoms with Crippen LogP contribution in [0.4, 0.5) is 5.69 Å². The maximum absolute atomic E-state index is 8.89. The van der Waals surface area contributed by atoms with Gasteiger partial charge in [-0.05, 0) is 31.0 Å². The molecule has 1 aromatic carbocycles. The second-order valence-corrected chi connectivity index (χ2v) is 4.16. The lowest BCUT2D eigenvalue weighted by Crippen LogP contribution is -2.21. The highest BCUT2D eigenvalue weighted by Crippen LogP contribution is 2.17. The first-order chi connectivity index (χ1) is 7.58. The molecule has 0 aliphatic carbocycles. The van der Waals surface area contributed by atoms with Crippen LogP contribution >= 0.6 is 0 Å². The molecule has 0 radical (unpaired) electrons. The summed E-state index contributed by atoms with van der Waals surface area (Å²) in [5.41, 5.74) is 1.73. The third-order valence-corrected chi connectivity index (χ3v) is 2.65. The topological polar surface area (TPSA) is 59.6 Å². The molecule has 1 unspecified atom stereocenters. The Kier molecular flexibility index (Phi) is 3.91. The van der Waals surface area contributed by atoms with Crippen molar-refractivity contribution in [1.29, 1.82) is 10.5 Å². The van der Waals surface area contributed by atoms with Crippen LogP contribution in [0.1, 0.15) is 31.9 Å². The molecule has 0 aliphatic rings. The Labute approximate surface area is 96.3 Å². The summed E-state index contributed by atoms with van der Waals surface area (Å²) in [6.45, 7) is 6.36. The summed E-state index contributed by atoms with van der Waals surface area (Å²) in [4.78, 5) is 0. The van der Waals surface area contributed by atoms with Gasteiger partial charge in [0.2, 0.25) is 0 Å². The van der Waals surface area contributed by atoms with Gasteiger partial charge >= 0.3 is 0 Å². The van der Waals surface area contributed by atoms with E-state index in [1.54, 1.807) is 12.1 Å². The summed E-state index contributed by atoms with van der Waals surface area (Å²) in [5, 5.41) is 21.0. The smallest absolute Gasteiger partial charge is 0.101 e. The molecule has 0 aliphatic heterocycles. The highest BCUT2D eigenvalue weighted by atomic mass is 14.9. The normalized spacial score (nSPS) is 11.6. The van der Waals surface area contributed by atoms with Gasteiger partial charge in [-0.2, -0.15) is 10.5 Å². The first-order valence-electron chi connectivity index (χ1n) is 5.29. The Morgan fingerprint density at radius 1 is 1.06 bits per heavy atom. The maximum Gasteiger partial charge on any atom is 0.101 e. The molecule has 0 fully saturated rings. The lowest BCUT2D eigenvalue weighted by atomic mass is 10.0. The van der Waals surface area contributed by atoms with Crippen molar-refractivity contribution in [2.75, 3.05) is 5.32 Å². The molecule has 3 nitrogen and oxygen atoms in total. The lowest BCUT2D eigenvalue weighted by Gasteiger charge is -2.18. The van der Waals surface area contributed by atoms with Gasteiger partial charge in [0.1, 0.15) is 12.1 Å². The highest BCUT2D eigenvalue weighted by molar-refractivity contribution is 5.56. The van der Waals surface area contributed by atoms with E-state index in [-0.39, 0.29) is 0 Å². The van der Waals surface area contributed by atoms with Crippen molar-refractivity contribution in [3.8, 4) is 12.1 Å². The zero-order chi connectivity index (χ0) is 12.1. The van der Waals surface area contributed by atoms with Gasteiger partial charge in [0.25, 0.3) is 0 Å². The van der Waals surface area contributed by atoms with Gasteiger partial charge in [-0.15, -0.1) is 0 Å². The minimum atomic E-state index is 0.333. The minimum Gasteiger partial charge on any atom is -0.382 e. The molecule has 1 aromatic rings. The number of benzene rings is 1. The van der Waals surface area contributed by atoms with Crippen LogP contribution in [-0.2, 0) is 0 Å². The third-order valence-electron chi connectivity index (χ3n) is 2.65. The van der Waals surface area contributed by atoms with Crippen molar-refractivity contribution in [1.82, 2.24) is 0 Å². The van der Waals surface area contributed by atoms with Crippen molar-refractivity contribution in [3.63, 3.8) is 0 Å². The quantitative estimate of drug-likeness (QED) is 0.839. The van der Waals surface area contributed by atoms with E-state index in [9.17, 15) is 0 Å². The number of nitrogens with zero attached hydrogens (tertiary/aromatic N) is 2. The monoisotopic (exact) mass is 213 g/mol. The second kappa shape index (κ2) is 5.19. The Morgan fingerprint density at radius 2 is 1.69 bits per heavy atom. The van der Waals surface area contributed by atoms with E-state index in [0.29, 0.717) is 23.1 Å². The van der Waals surface area contributed by atoms with E-state index < -0.39 is 0 Å². The minimum absolute atomic E-state index is 0.333. The Bertz CT molecular complexity index is 449. The van der Waals surface area contributed by atoms with Gasteiger partial charge in [0.15, 0.2) is 0 Å². The van der Waals surface area contributed by atoms with Gasteiger partial charge in [0, 0.05) is 11.7 Å². The van der Waals surface area contributed by atoms with Gasteiger partial charge in [-0.3, -0.25) is 0 Å². The fourth-order valence-electron chi connectivity index (χ4n) is 1.25. The van der Waals surface area contributed by atoms with Gasteiger partial charge in [-0.1, -0.05) is 13.8 Å². The van der Waals surface area contributed by atoms with E-state index in [0.717, 1.165) is 5.69 Å². The predicted octanol–water partition coefficient (Wildman–Crippen LogP) is 2.89. The molecule has 1 atom stereocenters. The Balaban J connectivity index is 2.94. The first kappa shape index (κ1) is 12.1. The van der Waals surface area contributed by atoms with Crippen LogP contribution < -0.4 is 5.32 Å². The number of rotatable bonds is 3. The average Bonchev–Trinajstić information content (AvgIpc) is 2.28. The van der Waals surface area contributed by atoms with Crippen LogP contribution in [0.15, 0.2) is 18.2 Å². The van der Waals surface area contributed by atoms with E-state index in [1.165, 1.54) is 0 Å². The second-order valence-electron chi connectivity index (χ2n) is 4.16. The molecule has 0 heterocycles. The molecule has 0 amide bonds. The number of anilines is 1. The predicted molar refractivity (Wildman–Crippen MR) is 63.8 cm³/mol. The zero-order valence-corrected chi connectivity index (χ0v) is 9.78. The van der Waals surface area contributed by atoms with Crippen LogP contribution in [0.3, 0.4) is 0 Å². The number of nitrogens with one attached hydrogen (secondary N) is 1. The number of nitriles is 2. The molecule has 82 valence electrons. The van der Waals surface area contributed by atoms with Gasteiger partial charge < -0.3 is 5.32 Å². The molecule has 16 heavy (non-hydrogen) atoms. The van der Waals surface area contributed by atoms with Crippen molar-refractivity contribution in [3.05, 3.63) is 29.3 Å².